The smallest absolute Gasteiger partial charge is 0.225 e. The Bertz CT molecular complexity index is 726. The zero-order chi connectivity index (χ0) is 22.9. The fourth-order valence-electron chi connectivity index (χ4n) is 4.07. The van der Waals surface area contributed by atoms with Crippen molar-refractivity contribution in [2.45, 2.75) is 71.8 Å². The summed E-state index contributed by atoms with van der Waals surface area (Å²) in [4.78, 5) is 19.6. The quantitative estimate of drug-likeness (QED) is 0.265. The zero-order valence-electron chi connectivity index (χ0n) is 20.7. The Morgan fingerprint density at radius 1 is 1.22 bits per heavy atom. The first-order valence-electron chi connectivity index (χ1n) is 11.8. The highest BCUT2D eigenvalue weighted by Gasteiger charge is 2.27. The van der Waals surface area contributed by atoms with Gasteiger partial charge in [0.25, 0.3) is 0 Å². The predicted octanol–water partition coefficient (Wildman–Crippen LogP) is 4.57. The molecule has 1 aromatic carbocycles. The summed E-state index contributed by atoms with van der Waals surface area (Å²) in [6, 6.07) is 8.55. The molecule has 0 atom stereocenters. The molecule has 1 heterocycles. The topological polar surface area (TPSA) is 66.0 Å². The molecule has 0 radical (unpaired) electrons. The summed E-state index contributed by atoms with van der Waals surface area (Å²) in [5, 5.41) is 6.98. The largest absolute Gasteiger partial charge is 0.497 e. The number of aliphatic imine (C=N–C) groups is 1. The maximum absolute atomic E-state index is 12.6. The minimum Gasteiger partial charge on any atom is -0.497 e. The highest BCUT2D eigenvalue weighted by atomic mass is 127. The number of piperidine rings is 1. The normalized spacial score (nSPS) is 15.3. The van der Waals surface area contributed by atoms with Crippen LogP contribution in [0.2, 0.25) is 0 Å². The van der Waals surface area contributed by atoms with Gasteiger partial charge in [0.15, 0.2) is 5.96 Å². The number of amides is 1. The molecule has 0 unspecified atom stereocenters. The number of halogens is 1. The van der Waals surface area contributed by atoms with Gasteiger partial charge in [-0.05, 0) is 50.3 Å². The third-order valence-corrected chi connectivity index (χ3v) is 6.31. The van der Waals surface area contributed by atoms with Crippen LogP contribution in [0.1, 0.15) is 65.9 Å². The third kappa shape index (κ3) is 8.12. The maximum atomic E-state index is 12.6. The van der Waals surface area contributed by atoms with E-state index in [1.165, 1.54) is 5.56 Å². The standard InChI is InChI=1S/C25H42N4O2.HI/c1-7-19(8-2)23(30)29-15-13-21(14-16-29)28-24(26-9-3)27-18-25(4,5)20-11-10-12-22(17-20)31-6;/h10-12,17,19,21H,7-9,13-16,18H2,1-6H3,(H2,26,27,28);1H. The van der Waals surface area contributed by atoms with E-state index in [1.807, 2.05) is 17.0 Å². The summed E-state index contributed by atoms with van der Waals surface area (Å²) in [6.45, 7) is 13.8. The molecule has 0 spiro atoms. The Balaban J connectivity index is 0.00000512. The molecule has 182 valence electrons. The molecule has 1 aliphatic rings. The van der Waals surface area contributed by atoms with Gasteiger partial charge in [0.1, 0.15) is 5.75 Å². The summed E-state index contributed by atoms with van der Waals surface area (Å²) in [5.41, 5.74) is 1.10. The fourth-order valence-corrected chi connectivity index (χ4v) is 4.07. The van der Waals surface area contributed by atoms with Crippen LogP contribution in [-0.4, -0.2) is 56.1 Å². The molecular formula is C25H43IN4O2. The zero-order valence-corrected chi connectivity index (χ0v) is 23.1. The minimum absolute atomic E-state index is 0. The van der Waals surface area contributed by atoms with E-state index in [2.05, 4.69) is 57.4 Å². The second-order valence-corrected chi connectivity index (χ2v) is 9.07. The summed E-state index contributed by atoms with van der Waals surface area (Å²) in [6.07, 6.45) is 3.76. The predicted molar refractivity (Wildman–Crippen MR) is 144 cm³/mol. The molecule has 1 aliphatic heterocycles. The van der Waals surface area contributed by atoms with Gasteiger partial charge in [-0.2, -0.15) is 0 Å². The lowest BCUT2D eigenvalue weighted by molar-refractivity contribution is -0.136. The first-order chi connectivity index (χ1) is 14.8. The van der Waals surface area contributed by atoms with E-state index >= 15 is 0 Å². The highest BCUT2D eigenvalue weighted by molar-refractivity contribution is 14.0. The monoisotopic (exact) mass is 558 g/mol. The molecule has 1 saturated heterocycles. The molecule has 1 amide bonds. The fraction of sp³-hybridized carbons (Fsp3) is 0.680. The van der Waals surface area contributed by atoms with Crippen LogP contribution in [0.5, 0.6) is 5.75 Å². The Morgan fingerprint density at radius 2 is 1.88 bits per heavy atom. The number of nitrogens with one attached hydrogen (secondary N) is 2. The van der Waals surface area contributed by atoms with E-state index < -0.39 is 0 Å². The van der Waals surface area contributed by atoms with Crippen LogP contribution in [0.3, 0.4) is 0 Å². The Labute approximate surface area is 212 Å². The summed E-state index contributed by atoms with van der Waals surface area (Å²) in [5.74, 6) is 2.21. The van der Waals surface area contributed by atoms with Crippen LogP contribution in [0, 0.1) is 5.92 Å². The molecule has 2 rings (SSSR count). The van der Waals surface area contributed by atoms with Crippen molar-refractivity contribution in [3.63, 3.8) is 0 Å². The number of hydrogen-bond donors (Lipinski definition) is 2. The Hall–Kier alpha value is -1.51. The second kappa shape index (κ2) is 13.9. The van der Waals surface area contributed by atoms with E-state index in [9.17, 15) is 4.79 Å². The van der Waals surface area contributed by atoms with E-state index in [1.54, 1.807) is 7.11 Å². The van der Waals surface area contributed by atoms with Crippen molar-refractivity contribution in [2.24, 2.45) is 10.9 Å². The lowest BCUT2D eigenvalue weighted by atomic mass is 9.84. The number of likely N-dealkylation sites (tertiary alicyclic amines) is 1. The van der Waals surface area contributed by atoms with Gasteiger partial charge in [0, 0.05) is 37.0 Å². The number of nitrogens with zero attached hydrogens (tertiary/aromatic N) is 2. The van der Waals surface area contributed by atoms with Gasteiger partial charge < -0.3 is 20.3 Å². The number of carbonyl (C=O) groups is 1. The van der Waals surface area contributed by atoms with Crippen molar-refractivity contribution in [1.82, 2.24) is 15.5 Å². The van der Waals surface area contributed by atoms with Gasteiger partial charge in [0.2, 0.25) is 5.91 Å². The van der Waals surface area contributed by atoms with Crippen LogP contribution in [0.25, 0.3) is 0 Å². The summed E-state index contributed by atoms with van der Waals surface area (Å²) >= 11 is 0. The van der Waals surface area contributed by atoms with Gasteiger partial charge >= 0.3 is 0 Å². The molecule has 7 heteroatoms. The van der Waals surface area contributed by atoms with E-state index in [0.717, 1.165) is 57.0 Å². The number of hydrogen-bond acceptors (Lipinski definition) is 3. The van der Waals surface area contributed by atoms with Gasteiger partial charge in [-0.15, -0.1) is 24.0 Å². The SMILES string of the molecule is CCNC(=NCC(C)(C)c1cccc(OC)c1)NC1CCN(C(=O)C(CC)CC)CC1.I. The van der Waals surface area contributed by atoms with Crippen molar-refractivity contribution in [3.05, 3.63) is 29.8 Å². The lowest BCUT2D eigenvalue weighted by Gasteiger charge is -2.35. The Morgan fingerprint density at radius 3 is 2.44 bits per heavy atom. The number of ether oxygens (including phenoxy) is 1. The molecule has 0 aromatic heterocycles. The first-order valence-corrected chi connectivity index (χ1v) is 11.8. The van der Waals surface area contributed by atoms with Gasteiger partial charge in [-0.3, -0.25) is 9.79 Å². The average Bonchev–Trinajstić information content (AvgIpc) is 2.79. The molecule has 0 bridgehead atoms. The average molecular weight is 559 g/mol. The molecular weight excluding hydrogens is 515 g/mol. The van der Waals surface area contributed by atoms with Crippen LogP contribution >= 0.6 is 24.0 Å². The number of carbonyl (C=O) groups excluding carboxylic acids is 1. The highest BCUT2D eigenvalue weighted by Crippen LogP contribution is 2.26. The van der Waals surface area contributed by atoms with E-state index in [4.69, 9.17) is 9.73 Å². The van der Waals surface area contributed by atoms with Gasteiger partial charge in [0.05, 0.1) is 13.7 Å². The molecule has 1 fully saturated rings. The molecule has 0 aliphatic carbocycles. The van der Waals surface area contributed by atoms with Crippen molar-refractivity contribution in [2.75, 3.05) is 33.3 Å². The van der Waals surface area contributed by atoms with Crippen LogP contribution < -0.4 is 15.4 Å². The van der Waals surface area contributed by atoms with Crippen molar-refractivity contribution >= 4 is 35.8 Å². The Kier molecular flexibility index (Phi) is 12.4. The van der Waals surface area contributed by atoms with Crippen LogP contribution in [0.4, 0.5) is 0 Å². The molecule has 32 heavy (non-hydrogen) atoms. The molecule has 1 aromatic rings. The number of guanidine groups is 1. The number of methoxy groups -OCH3 is 1. The number of benzene rings is 1. The van der Waals surface area contributed by atoms with Crippen molar-refractivity contribution in [1.29, 1.82) is 0 Å². The minimum atomic E-state index is -0.109. The lowest BCUT2D eigenvalue weighted by Crippen LogP contribution is -2.50. The van der Waals surface area contributed by atoms with Crippen molar-refractivity contribution in [3.8, 4) is 5.75 Å². The molecule has 2 N–H and O–H groups in total. The van der Waals surface area contributed by atoms with E-state index in [-0.39, 0.29) is 35.3 Å². The van der Waals surface area contributed by atoms with E-state index in [0.29, 0.717) is 18.5 Å². The van der Waals surface area contributed by atoms with Crippen LogP contribution in [-0.2, 0) is 10.2 Å². The summed E-state index contributed by atoms with van der Waals surface area (Å²) in [7, 11) is 1.70. The number of rotatable bonds is 9. The van der Waals surface area contributed by atoms with Crippen LogP contribution in [0.15, 0.2) is 29.3 Å². The van der Waals surface area contributed by atoms with Gasteiger partial charge in [-0.25, -0.2) is 0 Å². The summed E-state index contributed by atoms with van der Waals surface area (Å²) < 4.78 is 5.38. The maximum Gasteiger partial charge on any atom is 0.225 e. The van der Waals surface area contributed by atoms with Gasteiger partial charge in [-0.1, -0.05) is 39.8 Å². The van der Waals surface area contributed by atoms with Crippen molar-refractivity contribution < 1.29 is 9.53 Å². The molecule has 0 saturated carbocycles. The second-order valence-electron chi connectivity index (χ2n) is 9.07. The molecule has 6 nitrogen and oxygen atoms in total. The third-order valence-electron chi connectivity index (χ3n) is 6.31. The first kappa shape index (κ1) is 28.5.